The minimum atomic E-state index is 0.0396. The number of ether oxygens (including phenoxy) is 1. The van der Waals surface area contributed by atoms with E-state index in [1.54, 1.807) is 0 Å². The Labute approximate surface area is 78.5 Å². The third-order valence-electron chi connectivity index (χ3n) is 1.93. The molecule has 1 aromatic carbocycles. The van der Waals surface area contributed by atoms with Gasteiger partial charge in [-0.1, -0.05) is 25.1 Å². The van der Waals surface area contributed by atoms with Crippen molar-refractivity contribution in [2.24, 2.45) is 0 Å². The topological polar surface area (TPSA) is 26.3 Å². The van der Waals surface area contributed by atoms with Crippen molar-refractivity contribution in [3.63, 3.8) is 0 Å². The van der Waals surface area contributed by atoms with Crippen LogP contribution in [0.1, 0.15) is 22.8 Å². The molecule has 0 heterocycles. The van der Waals surface area contributed by atoms with Gasteiger partial charge in [0.2, 0.25) is 0 Å². The van der Waals surface area contributed by atoms with E-state index in [-0.39, 0.29) is 12.4 Å². The molecule has 0 saturated heterocycles. The molecule has 0 aliphatic heterocycles. The number of benzene rings is 1. The number of rotatable bonds is 4. The first kappa shape index (κ1) is 9.93. The van der Waals surface area contributed by atoms with Crippen molar-refractivity contribution in [1.29, 1.82) is 0 Å². The number of hydrogen-bond acceptors (Lipinski definition) is 2. The smallest absolute Gasteiger partial charge is 0.188 e. The Bertz CT molecular complexity index is 292. The van der Waals surface area contributed by atoms with Gasteiger partial charge in [0.05, 0.1) is 0 Å². The number of methoxy groups -OCH3 is 1. The highest BCUT2D eigenvalue weighted by Gasteiger charge is 2.04. The van der Waals surface area contributed by atoms with Gasteiger partial charge in [-0.3, -0.25) is 4.79 Å². The zero-order valence-electron chi connectivity index (χ0n) is 8.04. The van der Waals surface area contributed by atoms with Crippen LogP contribution in [-0.4, -0.2) is 19.5 Å². The van der Waals surface area contributed by atoms with Crippen molar-refractivity contribution in [2.75, 3.05) is 13.7 Å². The van der Waals surface area contributed by atoms with E-state index in [9.17, 15) is 4.79 Å². The maximum atomic E-state index is 11.4. The second-order valence-corrected chi connectivity index (χ2v) is 2.91. The van der Waals surface area contributed by atoms with Crippen LogP contribution < -0.4 is 0 Å². The molecule has 0 aliphatic rings. The molecule has 0 unspecified atom stereocenters. The first-order chi connectivity index (χ1) is 6.27. The Kier molecular flexibility index (Phi) is 3.65. The summed E-state index contributed by atoms with van der Waals surface area (Å²) in [6, 6.07) is 7.66. The molecule has 70 valence electrons. The summed E-state index contributed by atoms with van der Waals surface area (Å²) in [5, 5.41) is 0. The van der Waals surface area contributed by atoms with E-state index in [0.29, 0.717) is 0 Å². The van der Waals surface area contributed by atoms with Gasteiger partial charge in [-0.15, -0.1) is 0 Å². The molecule has 0 aliphatic carbocycles. The largest absolute Gasteiger partial charge is 0.377 e. The molecule has 0 N–H and O–H groups in total. The fraction of sp³-hybridized carbons (Fsp3) is 0.364. The zero-order valence-corrected chi connectivity index (χ0v) is 8.04. The molecule has 0 atom stereocenters. The number of Topliss-reactive ketones (excluding diaryl/α,β-unsaturated/α-hetero) is 1. The fourth-order valence-electron chi connectivity index (χ4n) is 1.18. The Hall–Kier alpha value is -1.15. The number of hydrogen-bond donors (Lipinski definition) is 0. The summed E-state index contributed by atoms with van der Waals surface area (Å²) in [6.07, 6.45) is 0.952. The first-order valence-corrected chi connectivity index (χ1v) is 4.39. The molecule has 2 nitrogen and oxygen atoms in total. The highest BCUT2D eigenvalue weighted by Crippen LogP contribution is 2.06. The lowest BCUT2D eigenvalue weighted by atomic mass is 10.1. The van der Waals surface area contributed by atoms with Crippen molar-refractivity contribution in [1.82, 2.24) is 0 Å². The van der Waals surface area contributed by atoms with Crippen LogP contribution in [0.25, 0.3) is 0 Å². The first-order valence-electron chi connectivity index (χ1n) is 4.39. The van der Waals surface area contributed by atoms with Crippen LogP contribution in [0.5, 0.6) is 0 Å². The molecule has 0 spiro atoms. The number of carbonyl (C=O) groups is 1. The molecule has 1 rings (SSSR count). The van der Waals surface area contributed by atoms with E-state index in [0.717, 1.165) is 12.0 Å². The number of carbonyl (C=O) groups excluding carboxylic acids is 1. The number of ketones is 1. The van der Waals surface area contributed by atoms with Crippen LogP contribution in [-0.2, 0) is 11.2 Å². The highest BCUT2D eigenvalue weighted by molar-refractivity contribution is 5.97. The van der Waals surface area contributed by atoms with Crippen LogP contribution in [0.3, 0.4) is 0 Å². The van der Waals surface area contributed by atoms with Crippen LogP contribution in [0.15, 0.2) is 24.3 Å². The molecular weight excluding hydrogens is 164 g/mol. The molecule has 0 fully saturated rings. The third kappa shape index (κ3) is 2.67. The lowest BCUT2D eigenvalue weighted by Gasteiger charge is -2.01. The van der Waals surface area contributed by atoms with E-state index in [1.165, 1.54) is 12.7 Å². The van der Waals surface area contributed by atoms with E-state index < -0.39 is 0 Å². The summed E-state index contributed by atoms with van der Waals surface area (Å²) in [7, 11) is 1.53. The van der Waals surface area contributed by atoms with Gasteiger partial charge >= 0.3 is 0 Å². The van der Waals surface area contributed by atoms with E-state index >= 15 is 0 Å². The molecule has 13 heavy (non-hydrogen) atoms. The van der Waals surface area contributed by atoms with Gasteiger partial charge in [0.15, 0.2) is 5.78 Å². The van der Waals surface area contributed by atoms with Crippen molar-refractivity contribution < 1.29 is 9.53 Å². The van der Waals surface area contributed by atoms with Gasteiger partial charge in [-0.2, -0.15) is 0 Å². The minimum absolute atomic E-state index is 0.0396. The summed E-state index contributed by atoms with van der Waals surface area (Å²) in [4.78, 5) is 11.4. The van der Waals surface area contributed by atoms with Crippen molar-refractivity contribution >= 4 is 5.78 Å². The zero-order chi connectivity index (χ0) is 9.68. The summed E-state index contributed by atoms with van der Waals surface area (Å²) >= 11 is 0. The summed E-state index contributed by atoms with van der Waals surface area (Å²) < 4.78 is 4.78. The Morgan fingerprint density at radius 2 is 2.23 bits per heavy atom. The average molecular weight is 178 g/mol. The Balaban J connectivity index is 2.82. The van der Waals surface area contributed by atoms with Crippen molar-refractivity contribution in [3.8, 4) is 0 Å². The number of aryl methyl sites for hydroxylation is 1. The Morgan fingerprint density at radius 3 is 2.85 bits per heavy atom. The van der Waals surface area contributed by atoms with E-state index in [4.69, 9.17) is 4.74 Å². The molecule has 2 heteroatoms. The van der Waals surface area contributed by atoms with Crippen LogP contribution >= 0.6 is 0 Å². The summed E-state index contributed by atoms with van der Waals surface area (Å²) in [6.45, 7) is 2.23. The quantitative estimate of drug-likeness (QED) is 0.660. The second kappa shape index (κ2) is 4.77. The average Bonchev–Trinajstić information content (AvgIpc) is 2.18. The fourth-order valence-corrected chi connectivity index (χ4v) is 1.18. The van der Waals surface area contributed by atoms with Gasteiger partial charge in [0.25, 0.3) is 0 Å². The predicted octanol–water partition coefficient (Wildman–Crippen LogP) is 2.08. The summed E-state index contributed by atoms with van der Waals surface area (Å²) in [5.41, 5.74) is 1.92. The van der Waals surface area contributed by atoms with Gasteiger partial charge in [-0.05, 0) is 18.1 Å². The molecule has 0 saturated carbocycles. The molecule has 0 radical (unpaired) electrons. The maximum Gasteiger partial charge on any atom is 0.188 e. The van der Waals surface area contributed by atoms with Crippen molar-refractivity contribution in [3.05, 3.63) is 35.4 Å². The highest BCUT2D eigenvalue weighted by atomic mass is 16.5. The van der Waals surface area contributed by atoms with E-state index in [2.05, 4.69) is 6.92 Å². The predicted molar refractivity (Wildman–Crippen MR) is 52.0 cm³/mol. The second-order valence-electron chi connectivity index (χ2n) is 2.91. The molecular formula is C11H14O2. The molecule has 0 amide bonds. The minimum Gasteiger partial charge on any atom is -0.377 e. The van der Waals surface area contributed by atoms with Gasteiger partial charge < -0.3 is 4.74 Å². The van der Waals surface area contributed by atoms with Crippen LogP contribution in [0.4, 0.5) is 0 Å². The normalized spacial score (nSPS) is 10.0. The van der Waals surface area contributed by atoms with Gasteiger partial charge in [0.1, 0.15) is 6.61 Å². The molecule has 1 aromatic rings. The third-order valence-corrected chi connectivity index (χ3v) is 1.93. The van der Waals surface area contributed by atoms with Crippen LogP contribution in [0.2, 0.25) is 0 Å². The molecule has 0 aromatic heterocycles. The Morgan fingerprint density at radius 1 is 1.46 bits per heavy atom. The van der Waals surface area contributed by atoms with Gasteiger partial charge in [-0.25, -0.2) is 0 Å². The van der Waals surface area contributed by atoms with E-state index in [1.807, 2.05) is 24.3 Å². The van der Waals surface area contributed by atoms with Gasteiger partial charge in [0, 0.05) is 12.7 Å². The lowest BCUT2D eigenvalue weighted by molar-refractivity contribution is 0.0848. The monoisotopic (exact) mass is 178 g/mol. The lowest BCUT2D eigenvalue weighted by Crippen LogP contribution is -2.07. The SMILES string of the molecule is CCc1cccc(C(=O)COC)c1. The molecule has 0 bridgehead atoms. The van der Waals surface area contributed by atoms with Crippen molar-refractivity contribution in [2.45, 2.75) is 13.3 Å². The summed E-state index contributed by atoms with van der Waals surface area (Å²) in [5.74, 6) is 0.0396. The maximum absolute atomic E-state index is 11.4. The van der Waals surface area contributed by atoms with Crippen LogP contribution in [0, 0.1) is 0 Å². The standard InChI is InChI=1S/C11H14O2/c1-3-9-5-4-6-10(7-9)11(12)8-13-2/h4-7H,3,8H2,1-2H3.